The third kappa shape index (κ3) is 7.34. The van der Waals surface area contributed by atoms with Gasteiger partial charge in [0, 0.05) is 5.92 Å². The van der Waals surface area contributed by atoms with Crippen LogP contribution in [0.25, 0.3) is 0 Å². The molecule has 0 N–H and O–H groups in total. The first-order chi connectivity index (χ1) is 14.1. The van der Waals surface area contributed by atoms with E-state index in [0.717, 1.165) is 47.3 Å². The minimum atomic E-state index is 0.395. The van der Waals surface area contributed by atoms with E-state index in [1.165, 1.54) is 56.9 Å². The van der Waals surface area contributed by atoms with Crippen molar-refractivity contribution in [3.63, 3.8) is 0 Å². The van der Waals surface area contributed by atoms with Crippen LogP contribution in [0.4, 0.5) is 0 Å². The van der Waals surface area contributed by atoms with Crippen LogP contribution in [0.2, 0.25) is 12.6 Å². The first-order valence-electron chi connectivity index (χ1n) is 13.4. The molecule has 0 aromatic heterocycles. The number of rotatable bonds is 9. The summed E-state index contributed by atoms with van der Waals surface area (Å²) in [6, 6.07) is 0. The second-order valence-electron chi connectivity index (χ2n) is 12.2. The van der Waals surface area contributed by atoms with E-state index in [4.69, 9.17) is 4.65 Å². The Hall–Kier alpha value is -0.395. The Balaban J connectivity index is 2.20. The van der Waals surface area contributed by atoms with Gasteiger partial charge in [0.05, 0.1) is 5.76 Å². The second-order valence-corrected chi connectivity index (χ2v) is 12.2. The first-order valence-corrected chi connectivity index (χ1v) is 13.4. The third-order valence-electron chi connectivity index (χ3n) is 8.61. The summed E-state index contributed by atoms with van der Waals surface area (Å²) in [7, 11) is 0. The standard InChI is InChI=1S/C28H53BO/c1-10-28(21(6)7)30-29(17-24-15-22(8)11-13-26(24)19(2)3)18-25-16-23(9)12-14-27(25)20(4)5/h10,19-27H,11-18H2,1-9H3/b28-10-/t22-,23-,24-,25-,26+,27+/m1/s1. The van der Waals surface area contributed by atoms with Gasteiger partial charge in [-0.3, -0.25) is 0 Å². The zero-order valence-electron chi connectivity index (χ0n) is 21.9. The molecule has 2 fully saturated rings. The van der Waals surface area contributed by atoms with Crippen LogP contribution in [0.1, 0.15) is 101 Å². The third-order valence-corrected chi connectivity index (χ3v) is 8.61. The smallest absolute Gasteiger partial charge is 0.357 e. The molecule has 0 bridgehead atoms. The Bertz CT molecular complexity index is 489. The van der Waals surface area contributed by atoms with E-state index in [0.29, 0.717) is 12.8 Å². The maximum absolute atomic E-state index is 6.85. The van der Waals surface area contributed by atoms with Gasteiger partial charge in [-0.2, -0.15) is 0 Å². The van der Waals surface area contributed by atoms with Crippen LogP contribution >= 0.6 is 0 Å². The molecular weight excluding hydrogens is 363 g/mol. The van der Waals surface area contributed by atoms with Crippen molar-refractivity contribution >= 4 is 6.92 Å². The molecule has 0 radical (unpaired) electrons. The van der Waals surface area contributed by atoms with Crippen LogP contribution < -0.4 is 0 Å². The molecular formula is C28H53BO. The normalized spacial score (nSPS) is 33.4. The highest BCUT2D eigenvalue weighted by Gasteiger charge is 2.39. The maximum atomic E-state index is 6.85. The van der Waals surface area contributed by atoms with Gasteiger partial charge in [-0.05, 0) is 92.6 Å². The average molecular weight is 417 g/mol. The Kier molecular flexibility index (Phi) is 10.4. The Labute approximate surface area is 190 Å². The Morgan fingerprint density at radius 2 is 1.23 bits per heavy atom. The highest BCUT2D eigenvalue weighted by atomic mass is 16.4. The lowest BCUT2D eigenvalue weighted by atomic mass is 9.48. The minimum absolute atomic E-state index is 0.395. The van der Waals surface area contributed by atoms with Crippen molar-refractivity contribution in [2.24, 2.45) is 53.3 Å². The van der Waals surface area contributed by atoms with E-state index in [1.807, 2.05) is 0 Å². The molecule has 2 aliphatic rings. The van der Waals surface area contributed by atoms with Crippen LogP contribution in [0.15, 0.2) is 11.8 Å². The molecule has 0 spiro atoms. The Morgan fingerprint density at radius 1 is 0.800 bits per heavy atom. The molecule has 174 valence electrons. The summed E-state index contributed by atoms with van der Waals surface area (Å²) in [5.41, 5.74) is 0. The second kappa shape index (κ2) is 12.0. The predicted octanol–water partition coefficient (Wildman–Crippen LogP) is 8.97. The maximum Gasteiger partial charge on any atom is 0.357 e. The molecule has 1 nitrogen and oxygen atoms in total. The minimum Gasteiger partial charge on any atom is -0.564 e. The lowest BCUT2D eigenvalue weighted by Gasteiger charge is -2.41. The van der Waals surface area contributed by atoms with E-state index in [-0.39, 0.29) is 0 Å². The van der Waals surface area contributed by atoms with Gasteiger partial charge < -0.3 is 4.65 Å². The molecule has 2 saturated carbocycles. The lowest BCUT2D eigenvalue weighted by Crippen LogP contribution is -2.36. The monoisotopic (exact) mass is 416 g/mol. The molecule has 2 heteroatoms. The highest BCUT2D eigenvalue weighted by Crippen LogP contribution is 2.44. The molecule has 0 aliphatic heterocycles. The van der Waals surface area contributed by atoms with E-state index < -0.39 is 0 Å². The van der Waals surface area contributed by atoms with Crippen molar-refractivity contribution in [2.45, 2.75) is 113 Å². The molecule has 0 unspecified atom stereocenters. The van der Waals surface area contributed by atoms with Gasteiger partial charge in [0.2, 0.25) is 0 Å². The van der Waals surface area contributed by atoms with Crippen LogP contribution in [-0.4, -0.2) is 6.92 Å². The van der Waals surface area contributed by atoms with E-state index in [2.05, 4.69) is 68.4 Å². The quantitative estimate of drug-likeness (QED) is 0.269. The van der Waals surface area contributed by atoms with Gasteiger partial charge in [-0.15, -0.1) is 0 Å². The number of allylic oxidation sites excluding steroid dienone is 2. The summed E-state index contributed by atoms with van der Waals surface area (Å²) in [4.78, 5) is 0. The Morgan fingerprint density at radius 3 is 1.57 bits per heavy atom. The molecule has 2 rings (SSSR count). The van der Waals surface area contributed by atoms with Crippen molar-refractivity contribution in [2.75, 3.05) is 0 Å². The van der Waals surface area contributed by atoms with Crippen LogP contribution in [0, 0.1) is 53.3 Å². The summed E-state index contributed by atoms with van der Waals surface area (Å²) >= 11 is 0. The summed E-state index contributed by atoms with van der Waals surface area (Å²) in [5.74, 6) is 8.50. The largest absolute Gasteiger partial charge is 0.564 e. The molecule has 0 amide bonds. The zero-order chi connectivity index (χ0) is 22.4. The van der Waals surface area contributed by atoms with Crippen molar-refractivity contribution in [1.29, 1.82) is 0 Å². The zero-order valence-corrected chi connectivity index (χ0v) is 21.9. The molecule has 6 atom stereocenters. The lowest BCUT2D eigenvalue weighted by molar-refractivity contribution is 0.145. The van der Waals surface area contributed by atoms with Crippen LogP contribution in [-0.2, 0) is 4.65 Å². The highest BCUT2D eigenvalue weighted by molar-refractivity contribution is 6.52. The SMILES string of the molecule is C/C=C(\OB(C[C@H]1C[C@H](C)CC[C@H]1C(C)C)C[C@H]1C[C@H](C)CC[C@H]1C(C)C)C(C)C. The van der Waals surface area contributed by atoms with Gasteiger partial charge in [-0.1, -0.05) is 74.3 Å². The van der Waals surface area contributed by atoms with Gasteiger partial charge >= 0.3 is 6.92 Å². The molecule has 0 aromatic carbocycles. The summed E-state index contributed by atoms with van der Waals surface area (Å²) in [5, 5.41) is 0. The van der Waals surface area contributed by atoms with Crippen molar-refractivity contribution in [3.05, 3.63) is 11.8 Å². The fraction of sp³-hybridized carbons (Fsp3) is 0.929. The van der Waals surface area contributed by atoms with Crippen molar-refractivity contribution in [1.82, 2.24) is 0 Å². The summed E-state index contributed by atoms with van der Waals surface area (Å²) < 4.78 is 6.85. The number of hydrogen-bond donors (Lipinski definition) is 0. The average Bonchev–Trinajstić information content (AvgIpc) is 2.65. The van der Waals surface area contributed by atoms with Gasteiger partial charge in [0.1, 0.15) is 0 Å². The van der Waals surface area contributed by atoms with Gasteiger partial charge in [-0.25, -0.2) is 0 Å². The molecule has 30 heavy (non-hydrogen) atoms. The van der Waals surface area contributed by atoms with Crippen LogP contribution in [0.5, 0.6) is 0 Å². The topological polar surface area (TPSA) is 9.23 Å². The van der Waals surface area contributed by atoms with E-state index >= 15 is 0 Å². The first kappa shape index (κ1) is 25.9. The van der Waals surface area contributed by atoms with Crippen molar-refractivity contribution in [3.8, 4) is 0 Å². The van der Waals surface area contributed by atoms with Gasteiger partial charge in [0.25, 0.3) is 0 Å². The summed E-state index contributed by atoms with van der Waals surface area (Å²) in [6.45, 7) is 21.9. The van der Waals surface area contributed by atoms with Gasteiger partial charge in [0.15, 0.2) is 0 Å². The van der Waals surface area contributed by atoms with Crippen molar-refractivity contribution < 1.29 is 4.65 Å². The summed E-state index contributed by atoms with van der Waals surface area (Å²) in [6.07, 6.45) is 13.3. The molecule has 0 saturated heterocycles. The van der Waals surface area contributed by atoms with E-state index in [9.17, 15) is 0 Å². The van der Waals surface area contributed by atoms with E-state index in [1.54, 1.807) is 0 Å². The fourth-order valence-electron chi connectivity index (χ4n) is 6.94. The predicted molar refractivity (Wildman–Crippen MR) is 135 cm³/mol. The molecule has 2 aliphatic carbocycles. The molecule has 0 aromatic rings. The fourth-order valence-corrected chi connectivity index (χ4v) is 6.94. The number of hydrogen-bond acceptors (Lipinski definition) is 1. The molecule has 0 heterocycles. The van der Waals surface area contributed by atoms with Crippen LogP contribution in [0.3, 0.4) is 0 Å².